The molecule has 7 heteroatoms. The van der Waals surface area contributed by atoms with E-state index in [1.54, 1.807) is 6.07 Å². The van der Waals surface area contributed by atoms with Crippen LogP contribution >= 0.6 is 0 Å². The van der Waals surface area contributed by atoms with Crippen molar-refractivity contribution in [3.05, 3.63) is 35.6 Å². The SMILES string of the molecule is O=C(O)c1c(-c2ccccc2F)nn2c1OCC(CO)C2. The molecular weight excluding hydrogens is 279 g/mol. The normalized spacial score (nSPS) is 17.1. The highest BCUT2D eigenvalue weighted by molar-refractivity contribution is 5.97. The van der Waals surface area contributed by atoms with Crippen molar-refractivity contribution in [3.63, 3.8) is 0 Å². The highest BCUT2D eigenvalue weighted by Crippen LogP contribution is 2.34. The van der Waals surface area contributed by atoms with E-state index in [1.807, 2.05) is 0 Å². The number of carbonyl (C=O) groups is 1. The minimum Gasteiger partial charge on any atom is -0.477 e. The number of hydrogen-bond donors (Lipinski definition) is 2. The van der Waals surface area contributed by atoms with Crippen molar-refractivity contribution in [2.75, 3.05) is 13.2 Å². The zero-order valence-corrected chi connectivity index (χ0v) is 11.0. The monoisotopic (exact) mass is 292 g/mol. The van der Waals surface area contributed by atoms with Gasteiger partial charge in [0, 0.05) is 11.5 Å². The number of nitrogens with zero attached hydrogens (tertiary/aromatic N) is 2. The number of rotatable bonds is 3. The molecular formula is C14H13FN2O4. The van der Waals surface area contributed by atoms with Gasteiger partial charge >= 0.3 is 5.97 Å². The van der Waals surface area contributed by atoms with Gasteiger partial charge in [0.1, 0.15) is 17.1 Å². The van der Waals surface area contributed by atoms with Crippen molar-refractivity contribution < 1.29 is 24.1 Å². The standard InChI is InChI=1S/C14H13FN2O4/c15-10-4-2-1-3-9(10)12-11(14(19)20)13-17(16-12)5-8(6-18)7-21-13/h1-4,8,18H,5-7H2,(H,19,20). The first kappa shape index (κ1) is 13.6. The summed E-state index contributed by atoms with van der Waals surface area (Å²) in [5.74, 6) is -1.83. The smallest absolute Gasteiger partial charge is 0.343 e. The third-order valence-corrected chi connectivity index (χ3v) is 3.39. The van der Waals surface area contributed by atoms with Crippen molar-refractivity contribution in [2.24, 2.45) is 5.92 Å². The van der Waals surface area contributed by atoms with E-state index in [0.717, 1.165) is 0 Å². The van der Waals surface area contributed by atoms with Crippen molar-refractivity contribution >= 4 is 5.97 Å². The summed E-state index contributed by atoms with van der Waals surface area (Å²) in [6.07, 6.45) is 0. The number of aromatic nitrogens is 2. The van der Waals surface area contributed by atoms with Gasteiger partial charge in [0.05, 0.1) is 19.8 Å². The topological polar surface area (TPSA) is 84.6 Å². The highest BCUT2D eigenvalue weighted by Gasteiger charge is 2.31. The number of aliphatic hydroxyl groups is 1. The summed E-state index contributed by atoms with van der Waals surface area (Å²) in [6, 6.07) is 5.85. The van der Waals surface area contributed by atoms with E-state index >= 15 is 0 Å². The van der Waals surface area contributed by atoms with E-state index in [1.165, 1.54) is 22.9 Å². The molecule has 0 saturated heterocycles. The maximum Gasteiger partial charge on any atom is 0.343 e. The first-order valence-corrected chi connectivity index (χ1v) is 6.44. The van der Waals surface area contributed by atoms with Crippen LogP contribution in [0.25, 0.3) is 11.3 Å². The average Bonchev–Trinajstić information content (AvgIpc) is 2.85. The molecule has 1 aliphatic rings. The fourth-order valence-corrected chi connectivity index (χ4v) is 2.36. The number of carboxylic acid groups (broad SMARTS) is 1. The first-order valence-electron chi connectivity index (χ1n) is 6.44. The Morgan fingerprint density at radius 1 is 1.48 bits per heavy atom. The lowest BCUT2D eigenvalue weighted by Gasteiger charge is -2.22. The largest absolute Gasteiger partial charge is 0.477 e. The number of halogens is 1. The number of benzene rings is 1. The van der Waals surface area contributed by atoms with Crippen LogP contribution in [0.4, 0.5) is 4.39 Å². The number of aromatic carboxylic acids is 1. The van der Waals surface area contributed by atoms with Gasteiger partial charge in [0.2, 0.25) is 5.88 Å². The van der Waals surface area contributed by atoms with E-state index in [2.05, 4.69) is 5.10 Å². The molecule has 0 spiro atoms. The predicted molar refractivity (Wildman–Crippen MR) is 70.7 cm³/mol. The fraction of sp³-hybridized carbons (Fsp3) is 0.286. The summed E-state index contributed by atoms with van der Waals surface area (Å²) >= 11 is 0. The lowest BCUT2D eigenvalue weighted by atomic mass is 10.1. The quantitative estimate of drug-likeness (QED) is 0.893. The van der Waals surface area contributed by atoms with Gasteiger partial charge in [0.25, 0.3) is 0 Å². The van der Waals surface area contributed by atoms with E-state index in [9.17, 15) is 14.3 Å². The Morgan fingerprint density at radius 3 is 2.90 bits per heavy atom. The Labute approximate surface area is 119 Å². The van der Waals surface area contributed by atoms with Crippen LogP contribution < -0.4 is 4.74 Å². The molecule has 2 heterocycles. The predicted octanol–water partition coefficient (Wildman–Crippen LogP) is 1.39. The van der Waals surface area contributed by atoms with Crippen molar-refractivity contribution in [1.29, 1.82) is 0 Å². The van der Waals surface area contributed by atoms with E-state index in [0.29, 0.717) is 6.54 Å². The molecule has 1 aromatic carbocycles. The van der Waals surface area contributed by atoms with Crippen LogP contribution in [0, 0.1) is 11.7 Å². The van der Waals surface area contributed by atoms with Crippen molar-refractivity contribution in [1.82, 2.24) is 9.78 Å². The minimum absolute atomic E-state index is 0.0363. The number of hydrogen-bond acceptors (Lipinski definition) is 4. The average molecular weight is 292 g/mol. The number of aliphatic hydroxyl groups excluding tert-OH is 1. The molecule has 0 fully saturated rings. The number of fused-ring (bicyclic) bond motifs is 1. The molecule has 3 rings (SSSR count). The summed E-state index contributed by atoms with van der Waals surface area (Å²) < 4.78 is 20.7. The van der Waals surface area contributed by atoms with E-state index in [-0.39, 0.29) is 41.8 Å². The summed E-state index contributed by atoms with van der Waals surface area (Å²) in [6.45, 7) is 0.455. The summed E-state index contributed by atoms with van der Waals surface area (Å²) in [5, 5.41) is 22.7. The zero-order valence-electron chi connectivity index (χ0n) is 11.0. The van der Waals surface area contributed by atoms with Gasteiger partial charge in [-0.25, -0.2) is 13.9 Å². The lowest BCUT2D eigenvalue weighted by Crippen LogP contribution is -2.28. The molecule has 6 nitrogen and oxygen atoms in total. The molecule has 0 amide bonds. The van der Waals surface area contributed by atoms with Crippen LogP contribution in [0.15, 0.2) is 24.3 Å². The molecule has 2 aromatic rings. The van der Waals surface area contributed by atoms with Crippen molar-refractivity contribution in [2.45, 2.75) is 6.54 Å². The van der Waals surface area contributed by atoms with Crippen LogP contribution in [0.1, 0.15) is 10.4 Å². The van der Waals surface area contributed by atoms with Crippen LogP contribution in [0.5, 0.6) is 5.88 Å². The first-order chi connectivity index (χ1) is 10.1. The Hall–Kier alpha value is -2.41. The Bertz CT molecular complexity index is 698. The third kappa shape index (κ3) is 2.25. The van der Waals surface area contributed by atoms with Crippen LogP contribution in [0.2, 0.25) is 0 Å². The Kier molecular flexibility index (Phi) is 3.34. The fourth-order valence-electron chi connectivity index (χ4n) is 2.36. The van der Waals surface area contributed by atoms with Crippen LogP contribution in [0.3, 0.4) is 0 Å². The van der Waals surface area contributed by atoms with Gasteiger partial charge in [-0.15, -0.1) is 0 Å². The molecule has 0 aliphatic carbocycles. The van der Waals surface area contributed by atoms with Gasteiger partial charge in [-0.3, -0.25) is 0 Å². The second kappa shape index (κ2) is 5.17. The van der Waals surface area contributed by atoms with Gasteiger partial charge in [-0.2, -0.15) is 5.10 Å². The van der Waals surface area contributed by atoms with Gasteiger partial charge < -0.3 is 14.9 Å². The molecule has 1 atom stereocenters. The second-order valence-corrected chi connectivity index (χ2v) is 4.86. The molecule has 2 N–H and O–H groups in total. The molecule has 1 unspecified atom stereocenters. The lowest BCUT2D eigenvalue weighted by molar-refractivity contribution is 0.0680. The molecule has 110 valence electrons. The Balaban J connectivity index is 2.16. The Morgan fingerprint density at radius 2 is 2.24 bits per heavy atom. The van der Waals surface area contributed by atoms with Crippen LogP contribution in [-0.4, -0.2) is 39.2 Å². The van der Waals surface area contributed by atoms with Gasteiger partial charge in [0.15, 0.2) is 0 Å². The van der Waals surface area contributed by atoms with Gasteiger partial charge in [-0.1, -0.05) is 12.1 Å². The molecule has 1 aliphatic heterocycles. The molecule has 0 saturated carbocycles. The van der Waals surface area contributed by atoms with E-state index in [4.69, 9.17) is 9.84 Å². The number of ether oxygens (including phenoxy) is 1. The molecule has 0 bridgehead atoms. The second-order valence-electron chi connectivity index (χ2n) is 4.86. The van der Waals surface area contributed by atoms with Crippen LogP contribution in [-0.2, 0) is 6.54 Å². The highest BCUT2D eigenvalue weighted by atomic mass is 19.1. The minimum atomic E-state index is -1.23. The molecule has 1 aromatic heterocycles. The zero-order chi connectivity index (χ0) is 15.0. The third-order valence-electron chi connectivity index (χ3n) is 3.39. The summed E-state index contributed by atoms with van der Waals surface area (Å²) in [7, 11) is 0. The maximum absolute atomic E-state index is 13.9. The van der Waals surface area contributed by atoms with E-state index < -0.39 is 11.8 Å². The van der Waals surface area contributed by atoms with Crippen molar-refractivity contribution in [3.8, 4) is 17.1 Å². The molecule has 0 radical (unpaired) electrons. The van der Waals surface area contributed by atoms with Gasteiger partial charge in [-0.05, 0) is 12.1 Å². The number of carboxylic acids is 1. The maximum atomic E-state index is 13.9. The summed E-state index contributed by atoms with van der Waals surface area (Å²) in [4.78, 5) is 11.5. The molecule has 21 heavy (non-hydrogen) atoms. The summed E-state index contributed by atoms with van der Waals surface area (Å²) in [5.41, 5.74) is -0.00775.